The molecule has 1 saturated heterocycles. The maximum Gasteiger partial charge on any atom is 0.289 e. The van der Waals surface area contributed by atoms with Crippen molar-refractivity contribution in [2.24, 2.45) is 4.99 Å². The molecule has 0 saturated carbocycles. The largest absolute Gasteiger partial charge is 0.459 e. The van der Waals surface area contributed by atoms with Gasteiger partial charge in [-0.15, -0.1) is 24.0 Å². The fourth-order valence-corrected chi connectivity index (χ4v) is 3.77. The first-order valence-electron chi connectivity index (χ1n) is 10.5. The summed E-state index contributed by atoms with van der Waals surface area (Å²) >= 11 is 0. The maximum absolute atomic E-state index is 12.4. The Balaban J connectivity index is 0.00000341. The van der Waals surface area contributed by atoms with Gasteiger partial charge in [-0.2, -0.15) is 0 Å². The van der Waals surface area contributed by atoms with Crippen LogP contribution in [0.5, 0.6) is 0 Å². The number of carbonyl (C=O) groups excluding carboxylic acids is 1. The van der Waals surface area contributed by atoms with Gasteiger partial charge in [0.05, 0.1) is 6.26 Å². The molecule has 1 amide bonds. The Morgan fingerprint density at radius 1 is 1.10 bits per heavy atom. The lowest BCUT2D eigenvalue weighted by Crippen LogP contribution is -2.57. The molecule has 1 unspecified atom stereocenters. The molecule has 1 aliphatic rings. The monoisotopic (exact) mass is 539 g/mol. The maximum atomic E-state index is 12.4. The number of aliphatic imine (C=N–C) groups is 1. The zero-order valence-corrected chi connectivity index (χ0v) is 21.1. The lowest BCUT2D eigenvalue weighted by molar-refractivity contribution is 0.0657. The molecule has 0 radical (unpaired) electrons. The predicted molar refractivity (Wildman–Crippen MR) is 135 cm³/mol. The highest BCUT2D eigenvalue weighted by Gasteiger charge is 2.26. The standard InChI is InChI=1S/C23H33N5O2.HI/c1-18(19-9-6-5-7-10-19)26-23(2,3)17-25-22(24-4)28-14-12-27(13-15-28)21(29)20-11-8-16-30-20;/h5-11,16,18,26H,12-15,17H2,1-4H3,(H,24,25);1H. The summed E-state index contributed by atoms with van der Waals surface area (Å²) in [7, 11) is 1.80. The molecule has 1 atom stereocenters. The van der Waals surface area contributed by atoms with Crippen LogP contribution in [0.3, 0.4) is 0 Å². The van der Waals surface area contributed by atoms with Crippen molar-refractivity contribution in [3.8, 4) is 0 Å². The number of furan rings is 1. The molecule has 31 heavy (non-hydrogen) atoms. The number of guanidine groups is 1. The van der Waals surface area contributed by atoms with Gasteiger partial charge in [-0.05, 0) is 38.5 Å². The van der Waals surface area contributed by atoms with E-state index in [0.717, 1.165) is 25.6 Å². The number of nitrogens with zero attached hydrogens (tertiary/aromatic N) is 3. The van der Waals surface area contributed by atoms with Crippen LogP contribution in [0.1, 0.15) is 42.9 Å². The average Bonchev–Trinajstić information content (AvgIpc) is 3.29. The second-order valence-corrected chi connectivity index (χ2v) is 8.32. The van der Waals surface area contributed by atoms with Gasteiger partial charge in [-0.3, -0.25) is 9.79 Å². The smallest absolute Gasteiger partial charge is 0.289 e. The molecule has 8 heteroatoms. The molecule has 7 nitrogen and oxygen atoms in total. The van der Waals surface area contributed by atoms with Crippen molar-refractivity contribution in [2.45, 2.75) is 32.4 Å². The van der Waals surface area contributed by atoms with Crippen LogP contribution in [0.2, 0.25) is 0 Å². The minimum atomic E-state index is -0.123. The van der Waals surface area contributed by atoms with Gasteiger partial charge in [0.15, 0.2) is 11.7 Å². The molecule has 1 aromatic carbocycles. The molecule has 2 heterocycles. The summed E-state index contributed by atoms with van der Waals surface area (Å²) < 4.78 is 5.24. The van der Waals surface area contributed by atoms with Gasteiger partial charge in [-0.1, -0.05) is 30.3 Å². The predicted octanol–water partition coefficient (Wildman–Crippen LogP) is 3.36. The van der Waals surface area contributed by atoms with Gasteiger partial charge in [0.25, 0.3) is 5.91 Å². The highest BCUT2D eigenvalue weighted by molar-refractivity contribution is 14.0. The van der Waals surface area contributed by atoms with Crippen molar-refractivity contribution < 1.29 is 9.21 Å². The second-order valence-electron chi connectivity index (χ2n) is 8.32. The van der Waals surface area contributed by atoms with Gasteiger partial charge < -0.3 is 24.9 Å². The first-order valence-corrected chi connectivity index (χ1v) is 10.5. The molecule has 1 fully saturated rings. The third-order valence-corrected chi connectivity index (χ3v) is 5.41. The summed E-state index contributed by atoms with van der Waals surface area (Å²) in [5.41, 5.74) is 1.15. The minimum absolute atomic E-state index is 0. The average molecular weight is 539 g/mol. The Hall–Kier alpha value is -2.07. The lowest BCUT2D eigenvalue weighted by atomic mass is 10.0. The number of benzene rings is 1. The molecule has 1 aromatic heterocycles. The van der Waals surface area contributed by atoms with Crippen LogP contribution in [0.4, 0.5) is 0 Å². The van der Waals surface area contributed by atoms with Crippen molar-refractivity contribution in [3.63, 3.8) is 0 Å². The van der Waals surface area contributed by atoms with Crippen molar-refractivity contribution in [2.75, 3.05) is 39.8 Å². The molecule has 3 rings (SSSR count). The van der Waals surface area contributed by atoms with Crippen LogP contribution in [0, 0.1) is 0 Å². The van der Waals surface area contributed by atoms with E-state index in [9.17, 15) is 4.79 Å². The van der Waals surface area contributed by atoms with E-state index in [0.29, 0.717) is 18.8 Å². The van der Waals surface area contributed by atoms with Crippen LogP contribution in [0.15, 0.2) is 58.1 Å². The van der Waals surface area contributed by atoms with Gasteiger partial charge in [0, 0.05) is 51.4 Å². The van der Waals surface area contributed by atoms with Gasteiger partial charge >= 0.3 is 0 Å². The molecule has 0 bridgehead atoms. The number of hydrogen-bond donors (Lipinski definition) is 2. The number of rotatable bonds is 6. The molecule has 0 aliphatic carbocycles. The number of amides is 1. The number of carbonyl (C=O) groups is 1. The summed E-state index contributed by atoms with van der Waals surface area (Å²) in [6.07, 6.45) is 1.53. The molecule has 2 N–H and O–H groups in total. The Kier molecular flexibility index (Phi) is 9.36. The summed E-state index contributed by atoms with van der Waals surface area (Å²) in [5, 5.41) is 7.19. The Bertz CT molecular complexity index is 831. The molecule has 1 aliphatic heterocycles. The first-order chi connectivity index (χ1) is 14.4. The molecule has 170 valence electrons. The normalized spacial score (nSPS) is 15.9. The third kappa shape index (κ3) is 6.96. The van der Waals surface area contributed by atoms with Crippen molar-refractivity contribution in [1.29, 1.82) is 0 Å². The Labute approximate surface area is 202 Å². The third-order valence-electron chi connectivity index (χ3n) is 5.41. The second kappa shape index (κ2) is 11.5. The fraction of sp³-hybridized carbons (Fsp3) is 0.478. The summed E-state index contributed by atoms with van der Waals surface area (Å²) in [6, 6.07) is 14.2. The van der Waals surface area contributed by atoms with E-state index in [1.807, 2.05) is 11.0 Å². The Morgan fingerprint density at radius 3 is 2.32 bits per heavy atom. The van der Waals surface area contributed by atoms with E-state index >= 15 is 0 Å². The zero-order chi connectivity index (χ0) is 21.6. The number of hydrogen-bond acceptors (Lipinski definition) is 4. The van der Waals surface area contributed by atoms with Crippen LogP contribution in [-0.2, 0) is 0 Å². The van der Waals surface area contributed by atoms with Crippen molar-refractivity contribution in [3.05, 3.63) is 60.1 Å². The number of nitrogens with one attached hydrogen (secondary N) is 2. The van der Waals surface area contributed by atoms with Crippen LogP contribution >= 0.6 is 24.0 Å². The van der Waals surface area contributed by atoms with E-state index in [2.05, 4.69) is 65.6 Å². The topological polar surface area (TPSA) is 73.1 Å². The van der Waals surface area contributed by atoms with E-state index in [-0.39, 0.29) is 41.5 Å². The van der Waals surface area contributed by atoms with E-state index in [1.165, 1.54) is 11.8 Å². The molecular formula is C23H34IN5O2. The van der Waals surface area contributed by atoms with Crippen LogP contribution in [-0.4, -0.2) is 67.0 Å². The highest BCUT2D eigenvalue weighted by atomic mass is 127. The molecule has 0 spiro atoms. The number of piperazine rings is 1. The van der Waals surface area contributed by atoms with E-state index < -0.39 is 0 Å². The van der Waals surface area contributed by atoms with Crippen molar-refractivity contribution >= 4 is 35.8 Å². The SMILES string of the molecule is CN=C(NCC(C)(C)NC(C)c1ccccc1)N1CCN(C(=O)c2ccco2)CC1.I. The van der Waals surface area contributed by atoms with Gasteiger partial charge in [-0.25, -0.2) is 0 Å². The van der Waals surface area contributed by atoms with Crippen LogP contribution in [0.25, 0.3) is 0 Å². The van der Waals surface area contributed by atoms with E-state index in [4.69, 9.17) is 4.42 Å². The van der Waals surface area contributed by atoms with E-state index in [1.54, 1.807) is 19.2 Å². The van der Waals surface area contributed by atoms with Crippen LogP contribution < -0.4 is 10.6 Å². The molecule has 2 aromatic rings. The highest BCUT2D eigenvalue weighted by Crippen LogP contribution is 2.16. The number of halogens is 1. The zero-order valence-electron chi connectivity index (χ0n) is 18.8. The lowest BCUT2D eigenvalue weighted by Gasteiger charge is -2.37. The minimum Gasteiger partial charge on any atom is -0.459 e. The first kappa shape index (κ1) is 25.2. The van der Waals surface area contributed by atoms with Gasteiger partial charge in [0.1, 0.15) is 0 Å². The van der Waals surface area contributed by atoms with Gasteiger partial charge in [0.2, 0.25) is 0 Å². The van der Waals surface area contributed by atoms with Crippen molar-refractivity contribution in [1.82, 2.24) is 20.4 Å². The quantitative estimate of drug-likeness (QED) is 0.335. The Morgan fingerprint density at radius 2 is 1.74 bits per heavy atom. The molecular weight excluding hydrogens is 505 g/mol. The summed E-state index contributed by atoms with van der Waals surface area (Å²) in [5.74, 6) is 1.21. The summed E-state index contributed by atoms with van der Waals surface area (Å²) in [4.78, 5) is 20.9. The summed E-state index contributed by atoms with van der Waals surface area (Å²) in [6.45, 7) is 10.1. The fourth-order valence-electron chi connectivity index (χ4n) is 3.77.